The van der Waals surface area contributed by atoms with E-state index in [-0.39, 0.29) is 11.8 Å². The maximum absolute atomic E-state index is 11.8. The molecule has 0 aliphatic carbocycles. The fourth-order valence-electron chi connectivity index (χ4n) is 2.32. The van der Waals surface area contributed by atoms with Crippen molar-refractivity contribution in [3.05, 3.63) is 29.8 Å². The Morgan fingerprint density at radius 1 is 1.42 bits per heavy atom. The minimum Gasteiger partial charge on any atom is -0.330 e. The predicted molar refractivity (Wildman–Crippen MR) is 77.8 cm³/mol. The van der Waals surface area contributed by atoms with Crippen LogP contribution in [0.25, 0.3) is 0 Å². The number of amides is 1. The van der Waals surface area contributed by atoms with Crippen molar-refractivity contribution in [2.75, 3.05) is 25.0 Å². The summed E-state index contributed by atoms with van der Waals surface area (Å²) >= 11 is 0. The fourth-order valence-corrected chi connectivity index (χ4v) is 2.32. The van der Waals surface area contributed by atoms with Gasteiger partial charge in [-0.1, -0.05) is 19.1 Å². The van der Waals surface area contributed by atoms with Crippen molar-refractivity contribution in [3.63, 3.8) is 0 Å². The van der Waals surface area contributed by atoms with Gasteiger partial charge >= 0.3 is 0 Å². The molecule has 19 heavy (non-hydrogen) atoms. The second kappa shape index (κ2) is 6.68. The predicted octanol–water partition coefficient (Wildman–Crippen LogP) is 1.82. The van der Waals surface area contributed by atoms with Gasteiger partial charge in [-0.25, -0.2) is 0 Å². The summed E-state index contributed by atoms with van der Waals surface area (Å²) in [7, 11) is 0. The van der Waals surface area contributed by atoms with Crippen LogP contribution in [0.15, 0.2) is 24.3 Å². The Bertz CT molecular complexity index is 427. The van der Waals surface area contributed by atoms with Crippen molar-refractivity contribution < 1.29 is 4.79 Å². The third-order valence-corrected chi connectivity index (χ3v) is 3.60. The summed E-state index contributed by atoms with van der Waals surface area (Å²) in [5.74, 6) is -0.164. The summed E-state index contributed by atoms with van der Waals surface area (Å²) in [5, 5.41) is 2.92. The molecular weight excluding hydrogens is 238 g/mol. The third-order valence-electron chi connectivity index (χ3n) is 3.60. The van der Waals surface area contributed by atoms with E-state index in [0.717, 1.165) is 12.2 Å². The summed E-state index contributed by atoms with van der Waals surface area (Å²) < 4.78 is 0. The first kappa shape index (κ1) is 14.0. The largest absolute Gasteiger partial charge is 0.330 e. The standard InChI is InChI=1S/C15H23N3O/c1-12(10-16)15(19)17-14-6-4-5-13(9-14)11-18-7-2-3-8-18/h4-6,9,12H,2-3,7-8,10-11,16H2,1H3,(H,17,19). The Morgan fingerprint density at radius 3 is 2.84 bits per heavy atom. The lowest BCUT2D eigenvalue weighted by molar-refractivity contribution is -0.119. The van der Waals surface area contributed by atoms with E-state index in [1.165, 1.54) is 31.5 Å². The molecule has 1 atom stereocenters. The Labute approximate surface area is 115 Å². The van der Waals surface area contributed by atoms with Gasteiger partial charge in [0.25, 0.3) is 0 Å². The van der Waals surface area contributed by atoms with Crippen LogP contribution < -0.4 is 11.1 Å². The molecule has 1 aromatic carbocycles. The maximum atomic E-state index is 11.8. The number of hydrogen-bond acceptors (Lipinski definition) is 3. The van der Waals surface area contributed by atoms with Gasteiger partial charge in [0.15, 0.2) is 0 Å². The van der Waals surface area contributed by atoms with Crippen LogP contribution in [-0.4, -0.2) is 30.4 Å². The molecular formula is C15H23N3O. The van der Waals surface area contributed by atoms with Crippen molar-refractivity contribution in [2.24, 2.45) is 11.7 Å². The van der Waals surface area contributed by atoms with Crippen molar-refractivity contribution in [1.29, 1.82) is 0 Å². The first-order valence-corrected chi connectivity index (χ1v) is 7.01. The summed E-state index contributed by atoms with van der Waals surface area (Å²) in [6, 6.07) is 8.09. The second-order valence-corrected chi connectivity index (χ2v) is 5.31. The molecule has 1 heterocycles. The molecule has 1 fully saturated rings. The normalized spacial score (nSPS) is 17.4. The van der Waals surface area contributed by atoms with Gasteiger partial charge in [0.05, 0.1) is 0 Å². The monoisotopic (exact) mass is 261 g/mol. The minimum absolute atomic E-state index is 0.0131. The molecule has 2 rings (SSSR count). The molecule has 0 bridgehead atoms. The summed E-state index contributed by atoms with van der Waals surface area (Å²) in [4.78, 5) is 14.2. The summed E-state index contributed by atoms with van der Waals surface area (Å²) in [6.45, 7) is 5.54. The van der Waals surface area contributed by atoms with E-state index >= 15 is 0 Å². The van der Waals surface area contributed by atoms with Crippen LogP contribution in [0.3, 0.4) is 0 Å². The van der Waals surface area contributed by atoms with E-state index in [1.807, 2.05) is 19.1 Å². The van der Waals surface area contributed by atoms with Crippen molar-refractivity contribution in [1.82, 2.24) is 4.90 Å². The lowest BCUT2D eigenvalue weighted by Crippen LogP contribution is -2.26. The van der Waals surface area contributed by atoms with Crippen LogP contribution >= 0.6 is 0 Å². The number of nitrogens with zero attached hydrogens (tertiary/aromatic N) is 1. The van der Waals surface area contributed by atoms with E-state index in [2.05, 4.69) is 22.3 Å². The molecule has 0 saturated carbocycles. The summed E-state index contributed by atoms with van der Waals surface area (Å²) in [5.41, 5.74) is 7.61. The molecule has 0 spiro atoms. The SMILES string of the molecule is CC(CN)C(=O)Nc1cccc(CN2CCCC2)c1. The molecule has 104 valence electrons. The maximum Gasteiger partial charge on any atom is 0.228 e. The number of nitrogens with one attached hydrogen (secondary N) is 1. The van der Waals surface area contributed by atoms with Crippen LogP contribution in [0.4, 0.5) is 5.69 Å². The molecule has 1 aromatic rings. The van der Waals surface area contributed by atoms with Gasteiger partial charge in [-0.05, 0) is 43.6 Å². The number of likely N-dealkylation sites (tertiary alicyclic amines) is 1. The zero-order valence-corrected chi connectivity index (χ0v) is 11.6. The van der Waals surface area contributed by atoms with Crippen molar-refractivity contribution in [2.45, 2.75) is 26.3 Å². The zero-order chi connectivity index (χ0) is 13.7. The summed E-state index contributed by atoms with van der Waals surface area (Å²) in [6.07, 6.45) is 2.59. The molecule has 1 aliphatic heterocycles. The quantitative estimate of drug-likeness (QED) is 0.850. The average Bonchev–Trinajstić information content (AvgIpc) is 2.91. The van der Waals surface area contributed by atoms with Crippen molar-refractivity contribution >= 4 is 11.6 Å². The number of benzene rings is 1. The molecule has 4 heteroatoms. The van der Waals surface area contributed by atoms with Crippen LogP contribution in [0.2, 0.25) is 0 Å². The van der Waals surface area contributed by atoms with Gasteiger partial charge in [-0.15, -0.1) is 0 Å². The lowest BCUT2D eigenvalue weighted by atomic mass is 10.1. The van der Waals surface area contributed by atoms with E-state index in [9.17, 15) is 4.79 Å². The smallest absolute Gasteiger partial charge is 0.228 e. The zero-order valence-electron chi connectivity index (χ0n) is 11.6. The van der Waals surface area contributed by atoms with Gasteiger partial charge in [-0.2, -0.15) is 0 Å². The number of carbonyl (C=O) groups excluding carboxylic acids is 1. The Kier molecular flexibility index (Phi) is 4.93. The highest BCUT2D eigenvalue weighted by Crippen LogP contribution is 2.16. The van der Waals surface area contributed by atoms with Gasteiger partial charge in [0.1, 0.15) is 0 Å². The van der Waals surface area contributed by atoms with Crippen LogP contribution in [0, 0.1) is 5.92 Å². The molecule has 0 aromatic heterocycles. The van der Waals surface area contributed by atoms with E-state index in [0.29, 0.717) is 6.54 Å². The van der Waals surface area contributed by atoms with Gasteiger partial charge in [-0.3, -0.25) is 9.69 Å². The Morgan fingerprint density at radius 2 is 2.16 bits per heavy atom. The highest BCUT2D eigenvalue weighted by atomic mass is 16.1. The number of nitrogens with two attached hydrogens (primary N) is 1. The van der Waals surface area contributed by atoms with Crippen LogP contribution in [0.5, 0.6) is 0 Å². The highest BCUT2D eigenvalue weighted by Gasteiger charge is 2.13. The van der Waals surface area contributed by atoms with Crippen LogP contribution in [-0.2, 0) is 11.3 Å². The molecule has 4 nitrogen and oxygen atoms in total. The first-order chi connectivity index (χ1) is 9.19. The first-order valence-electron chi connectivity index (χ1n) is 7.01. The molecule has 1 unspecified atom stereocenters. The molecule has 1 aliphatic rings. The third kappa shape index (κ3) is 4.04. The van der Waals surface area contributed by atoms with Crippen LogP contribution in [0.1, 0.15) is 25.3 Å². The number of carbonyl (C=O) groups is 1. The molecule has 1 amide bonds. The van der Waals surface area contributed by atoms with E-state index in [1.54, 1.807) is 0 Å². The second-order valence-electron chi connectivity index (χ2n) is 5.31. The van der Waals surface area contributed by atoms with E-state index < -0.39 is 0 Å². The van der Waals surface area contributed by atoms with Gasteiger partial charge < -0.3 is 11.1 Å². The number of anilines is 1. The highest BCUT2D eigenvalue weighted by molar-refractivity contribution is 5.92. The molecule has 3 N–H and O–H groups in total. The van der Waals surface area contributed by atoms with Gasteiger partial charge in [0, 0.05) is 24.7 Å². The Balaban J connectivity index is 1.96. The van der Waals surface area contributed by atoms with Crippen molar-refractivity contribution in [3.8, 4) is 0 Å². The average molecular weight is 261 g/mol. The minimum atomic E-state index is -0.151. The number of hydrogen-bond donors (Lipinski definition) is 2. The number of rotatable bonds is 5. The molecule has 1 saturated heterocycles. The topological polar surface area (TPSA) is 58.4 Å². The van der Waals surface area contributed by atoms with E-state index in [4.69, 9.17) is 5.73 Å². The molecule has 0 radical (unpaired) electrons. The lowest BCUT2D eigenvalue weighted by Gasteiger charge is -2.16. The fraction of sp³-hybridized carbons (Fsp3) is 0.533. The Hall–Kier alpha value is -1.39. The van der Waals surface area contributed by atoms with Gasteiger partial charge in [0.2, 0.25) is 5.91 Å².